The number of fused-ring (bicyclic) bond motifs is 1. The number of likely N-dealkylation sites (tertiary alicyclic amines) is 1. The van der Waals surface area contributed by atoms with Crippen molar-refractivity contribution in [2.75, 3.05) is 30.3 Å². The van der Waals surface area contributed by atoms with Gasteiger partial charge in [0.2, 0.25) is 5.91 Å². The maximum absolute atomic E-state index is 12.7. The number of hydrogen-bond acceptors (Lipinski definition) is 7. The Balaban J connectivity index is 1.27. The highest BCUT2D eigenvalue weighted by molar-refractivity contribution is 5.99. The second-order valence-corrected chi connectivity index (χ2v) is 8.12. The molecule has 1 atom stereocenters. The molecule has 3 aliphatic rings. The quantitative estimate of drug-likeness (QED) is 0.814. The van der Waals surface area contributed by atoms with Crippen molar-refractivity contribution in [3.8, 4) is 17.2 Å². The first-order valence-corrected chi connectivity index (χ1v) is 9.98. The third kappa shape index (κ3) is 3.41. The van der Waals surface area contributed by atoms with Gasteiger partial charge in [-0.25, -0.2) is 0 Å². The van der Waals surface area contributed by atoms with Crippen molar-refractivity contribution < 1.29 is 18.7 Å². The molecule has 0 radical (unpaired) electrons. The van der Waals surface area contributed by atoms with Crippen LogP contribution in [0, 0.1) is 5.41 Å². The number of carbonyl (C=O) groups excluding carboxylic acids is 2. The average Bonchev–Trinajstić information content (AvgIpc) is 3.32. The first-order valence-electron chi connectivity index (χ1n) is 9.98. The molecule has 3 heterocycles. The second-order valence-electron chi connectivity index (χ2n) is 8.12. The highest BCUT2D eigenvalue weighted by Gasteiger charge is 2.45. The summed E-state index contributed by atoms with van der Waals surface area (Å²) in [5, 5.41) is 13.9. The zero-order valence-corrected chi connectivity index (χ0v) is 16.2. The number of anilines is 2. The van der Waals surface area contributed by atoms with E-state index in [4.69, 9.17) is 9.15 Å². The largest absolute Gasteiger partial charge is 0.482 e. The average molecular weight is 397 g/mol. The van der Waals surface area contributed by atoms with Crippen LogP contribution < -0.4 is 15.4 Å². The molecule has 1 aromatic heterocycles. The Bertz CT molecular complexity index is 958. The van der Waals surface area contributed by atoms with Gasteiger partial charge in [-0.1, -0.05) is 11.2 Å². The number of amides is 2. The molecule has 2 aliphatic heterocycles. The molecule has 2 aromatic rings. The van der Waals surface area contributed by atoms with Crippen LogP contribution in [0.1, 0.15) is 32.6 Å². The number of benzene rings is 1. The maximum Gasteiger partial charge on any atom is 0.316 e. The van der Waals surface area contributed by atoms with Crippen LogP contribution in [0.2, 0.25) is 0 Å². The standard InChI is InChI=1S/C20H23N5O4/c1-12(18(27)25-9-7-20(5-6-20)8-10-25)21-19-24-23-17(29-19)13-3-2-4-14-16(13)22-15(26)11-28-14/h2-4,12H,5-11H2,1H3,(H,21,24)(H,22,26)/t12-/m0/s1. The van der Waals surface area contributed by atoms with Gasteiger partial charge in [0.1, 0.15) is 11.8 Å². The number of nitrogens with zero attached hydrogens (tertiary/aromatic N) is 3. The third-order valence-electron chi connectivity index (χ3n) is 6.11. The predicted octanol–water partition coefficient (Wildman–Crippen LogP) is 2.27. The van der Waals surface area contributed by atoms with Crippen molar-refractivity contribution in [3.05, 3.63) is 18.2 Å². The molecule has 152 valence electrons. The lowest BCUT2D eigenvalue weighted by atomic mass is 9.93. The molecule has 1 saturated carbocycles. The van der Waals surface area contributed by atoms with E-state index >= 15 is 0 Å². The first-order chi connectivity index (χ1) is 14.0. The molecule has 1 saturated heterocycles. The van der Waals surface area contributed by atoms with Gasteiger partial charge < -0.3 is 24.7 Å². The molecule has 1 aliphatic carbocycles. The fraction of sp³-hybridized carbons (Fsp3) is 0.500. The fourth-order valence-electron chi connectivity index (χ4n) is 4.07. The second kappa shape index (κ2) is 6.75. The molecule has 1 spiro atoms. The minimum Gasteiger partial charge on any atom is -0.482 e. The van der Waals surface area contributed by atoms with E-state index in [2.05, 4.69) is 20.8 Å². The summed E-state index contributed by atoms with van der Waals surface area (Å²) in [6.45, 7) is 3.40. The van der Waals surface area contributed by atoms with Gasteiger partial charge in [-0.2, -0.15) is 0 Å². The topological polar surface area (TPSA) is 110 Å². The molecule has 2 N–H and O–H groups in total. The van der Waals surface area contributed by atoms with E-state index in [-0.39, 0.29) is 30.3 Å². The fourth-order valence-corrected chi connectivity index (χ4v) is 4.07. The van der Waals surface area contributed by atoms with Gasteiger partial charge in [-0.15, -0.1) is 5.10 Å². The lowest BCUT2D eigenvalue weighted by Gasteiger charge is -2.33. The number of ether oxygens (including phenoxy) is 1. The van der Waals surface area contributed by atoms with Gasteiger partial charge in [-0.05, 0) is 50.2 Å². The Labute approximate surface area is 167 Å². The van der Waals surface area contributed by atoms with Gasteiger partial charge in [0.15, 0.2) is 6.61 Å². The number of rotatable bonds is 4. The van der Waals surface area contributed by atoms with Gasteiger partial charge in [-0.3, -0.25) is 9.59 Å². The van der Waals surface area contributed by atoms with E-state index in [0.717, 1.165) is 25.9 Å². The van der Waals surface area contributed by atoms with E-state index in [1.807, 2.05) is 4.90 Å². The van der Waals surface area contributed by atoms with Crippen LogP contribution in [0.3, 0.4) is 0 Å². The molecule has 9 heteroatoms. The summed E-state index contributed by atoms with van der Waals surface area (Å²) in [5.41, 5.74) is 1.61. The summed E-state index contributed by atoms with van der Waals surface area (Å²) in [7, 11) is 0. The van der Waals surface area contributed by atoms with Crippen molar-refractivity contribution >= 4 is 23.5 Å². The van der Waals surface area contributed by atoms with Crippen LogP contribution in [0.25, 0.3) is 11.5 Å². The zero-order chi connectivity index (χ0) is 20.0. The van der Waals surface area contributed by atoms with Crippen LogP contribution >= 0.6 is 0 Å². The van der Waals surface area contributed by atoms with Crippen molar-refractivity contribution in [1.29, 1.82) is 0 Å². The summed E-state index contributed by atoms with van der Waals surface area (Å²) in [6.07, 6.45) is 4.82. The Kier molecular flexibility index (Phi) is 4.18. The summed E-state index contributed by atoms with van der Waals surface area (Å²) in [5.74, 6) is 0.592. The lowest BCUT2D eigenvalue weighted by Crippen LogP contribution is -2.45. The van der Waals surface area contributed by atoms with Crippen LogP contribution in [0.5, 0.6) is 5.75 Å². The highest BCUT2D eigenvalue weighted by atomic mass is 16.5. The Morgan fingerprint density at radius 3 is 2.79 bits per heavy atom. The first kappa shape index (κ1) is 18.0. The van der Waals surface area contributed by atoms with E-state index in [0.29, 0.717) is 22.4 Å². The summed E-state index contributed by atoms with van der Waals surface area (Å²) < 4.78 is 11.1. The maximum atomic E-state index is 12.7. The van der Waals surface area contributed by atoms with Crippen LogP contribution in [0.4, 0.5) is 11.7 Å². The molecular formula is C20H23N5O4. The number of aromatic nitrogens is 2. The van der Waals surface area contributed by atoms with E-state index in [1.165, 1.54) is 12.8 Å². The van der Waals surface area contributed by atoms with E-state index < -0.39 is 6.04 Å². The summed E-state index contributed by atoms with van der Waals surface area (Å²) in [4.78, 5) is 26.3. The smallest absolute Gasteiger partial charge is 0.316 e. The molecule has 2 fully saturated rings. The monoisotopic (exact) mass is 397 g/mol. The Hall–Kier alpha value is -3.10. The molecule has 1 aromatic carbocycles. The molecule has 0 unspecified atom stereocenters. The molecule has 29 heavy (non-hydrogen) atoms. The normalized spacial score (nSPS) is 20.4. The van der Waals surface area contributed by atoms with Crippen LogP contribution in [-0.2, 0) is 9.59 Å². The summed E-state index contributed by atoms with van der Waals surface area (Å²) >= 11 is 0. The number of piperidine rings is 1. The minimum absolute atomic E-state index is 0.0235. The number of nitrogens with one attached hydrogen (secondary N) is 2. The number of hydrogen-bond donors (Lipinski definition) is 2. The molecule has 0 bridgehead atoms. The van der Waals surface area contributed by atoms with Crippen molar-refractivity contribution in [1.82, 2.24) is 15.1 Å². The van der Waals surface area contributed by atoms with E-state index in [9.17, 15) is 9.59 Å². The number of carbonyl (C=O) groups is 2. The van der Waals surface area contributed by atoms with Gasteiger partial charge in [0, 0.05) is 13.1 Å². The highest BCUT2D eigenvalue weighted by Crippen LogP contribution is 2.53. The van der Waals surface area contributed by atoms with E-state index in [1.54, 1.807) is 25.1 Å². The molecular weight excluding hydrogens is 374 g/mol. The number of para-hydroxylation sites is 1. The van der Waals surface area contributed by atoms with Crippen LogP contribution in [0.15, 0.2) is 22.6 Å². The SMILES string of the molecule is C[C@H](Nc1nnc(-c2cccc3c2NC(=O)CO3)o1)C(=O)N1CCC2(CC1)CC2. The van der Waals surface area contributed by atoms with Crippen LogP contribution in [-0.4, -0.2) is 52.6 Å². The predicted molar refractivity (Wildman–Crippen MR) is 104 cm³/mol. The van der Waals surface area contributed by atoms with Crippen molar-refractivity contribution in [3.63, 3.8) is 0 Å². The van der Waals surface area contributed by atoms with Gasteiger partial charge >= 0.3 is 6.01 Å². The third-order valence-corrected chi connectivity index (χ3v) is 6.11. The zero-order valence-electron chi connectivity index (χ0n) is 16.2. The van der Waals surface area contributed by atoms with Crippen molar-refractivity contribution in [2.45, 2.75) is 38.6 Å². The Morgan fingerprint density at radius 1 is 1.24 bits per heavy atom. The molecule has 9 nitrogen and oxygen atoms in total. The molecule has 2 amide bonds. The van der Waals surface area contributed by atoms with Crippen molar-refractivity contribution in [2.24, 2.45) is 5.41 Å². The van der Waals surface area contributed by atoms with Gasteiger partial charge in [0.05, 0.1) is 11.3 Å². The Morgan fingerprint density at radius 2 is 2.03 bits per heavy atom. The summed E-state index contributed by atoms with van der Waals surface area (Å²) in [6, 6.07) is 5.01. The minimum atomic E-state index is -0.468. The lowest BCUT2D eigenvalue weighted by molar-refractivity contribution is -0.133. The van der Waals surface area contributed by atoms with Gasteiger partial charge in [0.25, 0.3) is 11.8 Å². The molecule has 5 rings (SSSR count).